The summed E-state index contributed by atoms with van der Waals surface area (Å²) < 4.78 is 6.14. The normalized spacial score (nSPS) is 12.2. The molecule has 1 aromatic heterocycles. The van der Waals surface area contributed by atoms with Crippen LogP contribution in [0.1, 0.15) is 16.8 Å². The third kappa shape index (κ3) is 4.93. The summed E-state index contributed by atoms with van der Waals surface area (Å²) in [6, 6.07) is 8.62. The predicted octanol–water partition coefficient (Wildman–Crippen LogP) is 1.56. The molecule has 1 heterocycles. The molecule has 1 aromatic carbocycles. The van der Waals surface area contributed by atoms with Crippen LogP contribution in [-0.2, 0) is 20.9 Å². The van der Waals surface area contributed by atoms with Gasteiger partial charge < -0.3 is 15.2 Å². The Bertz CT molecular complexity index is 802. The molecule has 2 aromatic rings. The number of carbonyl (C=O) groups excluding carboxylic acids is 2. The first-order chi connectivity index (χ1) is 12.5. The number of carbonyl (C=O) groups is 2. The van der Waals surface area contributed by atoms with Crippen LogP contribution < -0.4 is 5.32 Å². The fourth-order valence-corrected chi connectivity index (χ4v) is 2.62. The highest BCUT2D eigenvalue weighted by molar-refractivity contribution is 6.31. The molecule has 1 atom stereocenters. The molecule has 0 fully saturated rings. The molecule has 0 radical (unpaired) electrons. The van der Waals surface area contributed by atoms with Crippen LogP contribution in [0.15, 0.2) is 36.4 Å². The number of aromatic nitrogens is 2. The lowest BCUT2D eigenvalue weighted by molar-refractivity contribution is -0.145. The number of amides is 1. The molecular formula is C18H20ClN3O4. The van der Waals surface area contributed by atoms with Crippen LogP contribution in [-0.4, -0.2) is 46.5 Å². The van der Waals surface area contributed by atoms with Crippen molar-refractivity contribution in [1.82, 2.24) is 15.1 Å². The highest BCUT2D eigenvalue weighted by atomic mass is 35.5. The second kappa shape index (κ2) is 9.17. The Labute approximate surface area is 156 Å². The summed E-state index contributed by atoms with van der Waals surface area (Å²) in [4.78, 5) is 23.3. The monoisotopic (exact) mass is 377 g/mol. The number of aliphatic hydroxyl groups is 1. The minimum absolute atomic E-state index is 0.405. The van der Waals surface area contributed by atoms with E-state index in [1.807, 2.05) is 30.3 Å². The van der Waals surface area contributed by atoms with E-state index >= 15 is 0 Å². The SMILES string of the molecule is COC(=O)[C@@H](CO)NC(=O)/C=C/c1c(C)nn(Cc2ccccc2)c1Cl. The lowest BCUT2D eigenvalue weighted by Gasteiger charge is -2.11. The smallest absolute Gasteiger partial charge is 0.330 e. The van der Waals surface area contributed by atoms with Gasteiger partial charge in [0.1, 0.15) is 5.15 Å². The molecule has 0 spiro atoms. The van der Waals surface area contributed by atoms with Crippen molar-refractivity contribution in [1.29, 1.82) is 0 Å². The van der Waals surface area contributed by atoms with E-state index in [-0.39, 0.29) is 0 Å². The first-order valence-electron chi connectivity index (χ1n) is 7.90. The minimum Gasteiger partial charge on any atom is -0.467 e. The van der Waals surface area contributed by atoms with E-state index in [1.165, 1.54) is 19.3 Å². The average Bonchev–Trinajstić information content (AvgIpc) is 2.91. The Balaban J connectivity index is 2.10. The summed E-state index contributed by atoms with van der Waals surface area (Å²) in [5.74, 6) is -1.28. The zero-order valence-corrected chi connectivity index (χ0v) is 15.2. The summed E-state index contributed by atoms with van der Waals surface area (Å²) in [5, 5.41) is 16.3. The largest absolute Gasteiger partial charge is 0.467 e. The second-order valence-corrected chi connectivity index (χ2v) is 5.89. The molecular weight excluding hydrogens is 358 g/mol. The molecule has 0 saturated heterocycles. The number of rotatable bonds is 7. The molecule has 1 amide bonds. The molecule has 2 N–H and O–H groups in total. The molecule has 8 heteroatoms. The number of esters is 1. The summed E-state index contributed by atoms with van der Waals surface area (Å²) in [6.07, 6.45) is 2.75. The van der Waals surface area contributed by atoms with E-state index in [1.54, 1.807) is 11.6 Å². The maximum atomic E-state index is 11.9. The number of benzene rings is 1. The number of nitrogens with zero attached hydrogens (tertiary/aromatic N) is 2. The topological polar surface area (TPSA) is 93.4 Å². The Hall–Kier alpha value is -2.64. The van der Waals surface area contributed by atoms with Crippen LogP contribution >= 0.6 is 11.6 Å². The summed E-state index contributed by atoms with van der Waals surface area (Å²) >= 11 is 6.37. The van der Waals surface area contributed by atoms with E-state index in [9.17, 15) is 9.59 Å². The standard InChI is InChI=1S/C18H20ClN3O4/c1-12-14(8-9-16(24)20-15(11-23)18(25)26-2)17(19)22(21-12)10-13-6-4-3-5-7-13/h3-9,15,23H,10-11H2,1-2H3,(H,20,24)/b9-8+/t15-/m1/s1. The number of methoxy groups -OCH3 is 1. The van der Waals surface area contributed by atoms with Gasteiger partial charge in [-0.25, -0.2) is 9.48 Å². The van der Waals surface area contributed by atoms with Gasteiger partial charge in [-0.3, -0.25) is 4.79 Å². The maximum absolute atomic E-state index is 11.9. The fraction of sp³-hybridized carbons (Fsp3) is 0.278. The van der Waals surface area contributed by atoms with E-state index in [0.717, 1.165) is 5.56 Å². The fourth-order valence-electron chi connectivity index (χ4n) is 2.32. The van der Waals surface area contributed by atoms with E-state index in [2.05, 4.69) is 15.2 Å². The molecule has 0 bridgehead atoms. The Morgan fingerprint density at radius 2 is 2.08 bits per heavy atom. The van der Waals surface area contributed by atoms with E-state index in [4.69, 9.17) is 16.7 Å². The highest BCUT2D eigenvalue weighted by Gasteiger charge is 2.19. The van der Waals surface area contributed by atoms with Crippen LogP contribution in [0.2, 0.25) is 5.15 Å². The van der Waals surface area contributed by atoms with Crippen LogP contribution in [0.3, 0.4) is 0 Å². The molecule has 138 valence electrons. The maximum Gasteiger partial charge on any atom is 0.330 e. The van der Waals surface area contributed by atoms with Crippen molar-refractivity contribution < 1.29 is 19.4 Å². The van der Waals surface area contributed by atoms with Gasteiger partial charge >= 0.3 is 5.97 Å². The number of ether oxygens (including phenoxy) is 1. The molecule has 0 aliphatic heterocycles. The molecule has 0 saturated carbocycles. The number of nitrogens with one attached hydrogen (secondary N) is 1. The van der Waals surface area contributed by atoms with Crippen molar-refractivity contribution in [2.75, 3.05) is 13.7 Å². The molecule has 0 unspecified atom stereocenters. The van der Waals surface area contributed by atoms with Crippen molar-refractivity contribution in [3.63, 3.8) is 0 Å². The number of halogens is 1. The average molecular weight is 378 g/mol. The summed E-state index contributed by atoms with van der Waals surface area (Å²) in [6.45, 7) is 1.74. The Morgan fingerprint density at radius 1 is 1.38 bits per heavy atom. The van der Waals surface area contributed by atoms with Gasteiger partial charge in [-0.2, -0.15) is 5.10 Å². The zero-order valence-electron chi connectivity index (χ0n) is 14.5. The van der Waals surface area contributed by atoms with Crippen LogP contribution in [0.4, 0.5) is 0 Å². The minimum atomic E-state index is -1.12. The van der Waals surface area contributed by atoms with Gasteiger partial charge in [-0.15, -0.1) is 0 Å². The molecule has 0 aliphatic rings. The van der Waals surface area contributed by atoms with Crippen LogP contribution in [0.25, 0.3) is 6.08 Å². The van der Waals surface area contributed by atoms with Gasteiger partial charge in [0.2, 0.25) is 5.91 Å². The van der Waals surface area contributed by atoms with Crippen molar-refractivity contribution in [3.05, 3.63) is 58.4 Å². The highest BCUT2D eigenvalue weighted by Crippen LogP contribution is 2.22. The lowest BCUT2D eigenvalue weighted by atomic mass is 10.2. The first-order valence-corrected chi connectivity index (χ1v) is 8.28. The number of aryl methyl sites for hydroxylation is 1. The predicted molar refractivity (Wildman–Crippen MR) is 97.6 cm³/mol. The number of hydrogen-bond donors (Lipinski definition) is 2. The van der Waals surface area contributed by atoms with Gasteiger partial charge in [0.15, 0.2) is 6.04 Å². The second-order valence-electron chi connectivity index (χ2n) is 5.53. The van der Waals surface area contributed by atoms with Crippen molar-refractivity contribution in [2.24, 2.45) is 0 Å². The zero-order chi connectivity index (χ0) is 19.1. The van der Waals surface area contributed by atoms with Gasteiger partial charge in [0, 0.05) is 11.6 Å². The van der Waals surface area contributed by atoms with Crippen LogP contribution in [0.5, 0.6) is 0 Å². The van der Waals surface area contributed by atoms with Gasteiger partial charge in [-0.05, 0) is 18.6 Å². The molecule has 2 rings (SSSR count). The van der Waals surface area contributed by atoms with Crippen molar-refractivity contribution >= 4 is 29.6 Å². The van der Waals surface area contributed by atoms with Gasteiger partial charge in [0.25, 0.3) is 0 Å². The number of aliphatic hydroxyl groups excluding tert-OH is 1. The van der Waals surface area contributed by atoms with E-state index < -0.39 is 24.5 Å². The van der Waals surface area contributed by atoms with Gasteiger partial charge in [-0.1, -0.05) is 41.9 Å². The van der Waals surface area contributed by atoms with Crippen molar-refractivity contribution in [2.45, 2.75) is 19.5 Å². The molecule has 26 heavy (non-hydrogen) atoms. The quantitative estimate of drug-likeness (QED) is 0.564. The molecule has 0 aliphatic carbocycles. The summed E-state index contributed by atoms with van der Waals surface area (Å²) in [5.41, 5.74) is 2.33. The lowest BCUT2D eigenvalue weighted by Crippen LogP contribution is -2.43. The first kappa shape index (κ1) is 19.7. The van der Waals surface area contributed by atoms with E-state index in [0.29, 0.717) is 23.0 Å². The van der Waals surface area contributed by atoms with Crippen LogP contribution in [0, 0.1) is 6.92 Å². The molecule has 7 nitrogen and oxygen atoms in total. The Morgan fingerprint density at radius 3 is 2.69 bits per heavy atom. The third-order valence-electron chi connectivity index (χ3n) is 3.67. The number of hydrogen-bond acceptors (Lipinski definition) is 5. The van der Waals surface area contributed by atoms with Crippen molar-refractivity contribution in [3.8, 4) is 0 Å². The van der Waals surface area contributed by atoms with Gasteiger partial charge in [0.05, 0.1) is 26.0 Å². The summed E-state index contributed by atoms with van der Waals surface area (Å²) in [7, 11) is 1.18. The third-order valence-corrected chi connectivity index (χ3v) is 4.07. The Kier molecular flexibility index (Phi) is 6.94.